The van der Waals surface area contributed by atoms with Crippen molar-refractivity contribution in [1.82, 2.24) is 9.88 Å². The minimum Gasteiger partial charge on any atom is -0.392 e. The first-order chi connectivity index (χ1) is 12.2. The van der Waals surface area contributed by atoms with Gasteiger partial charge in [-0.15, -0.1) is 0 Å². The van der Waals surface area contributed by atoms with Crippen molar-refractivity contribution in [3.8, 4) is 0 Å². The number of aliphatic hydroxyl groups excluding tert-OH is 1. The van der Waals surface area contributed by atoms with Gasteiger partial charge in [-0.2, -0.15) is 0 Å². The second-order valence-electron chi connectivity index (χ2n) is 6.43. The van der Waals surface area contributed by atoms with Gasteiger partial charge in [0.05, 0.1) is 12.3 Å². The third-order valence-electron chi connectivity index (χ3n) is 4.21. The van der Waals surface area contributed by atoms with Crippen molar-refractivity contribution >= 4 is 0 Å². The average Bonchev–Trinajstić information content (AvgIpc) is 2.63. The fourth-order valence-electron chi connectivity index (χ4n) is 2.97. The molecule has 1 N–H and O–H groups in total. The maximum Gasteiger partial charge on any atom is 0.0681 e. The van der Waals surface area contributed by atoms with Gasteiger partial charge in [0.25, 0.3) is 0 Å². The molecule has 0 saturated carbocycles. The average molecular weight is 332 g/mol. The molecule has 128 valence electrons. The summed E-state index contributed by atoms with van der Waals surface area (Å²) >= 11 is 0. The van der Waals surface area contributed by atoms with E-state index >= 15 is 0 Å². The molecular formula is C22H24N2O. The summed E-state index contributed by atoms with van der Waals surface area (Å²) in [4.78, 5) is 6.87. The fourth-order valence-corrected chi connectivity index (χ4v) is 2.97. The zero-order valence-corrected chi connectivity index (χ0v) is 14.6. The Morgan fingerprint density at radius 3 is 2.24 bits per heavy atom. The van der Waals surface area contributed by atoms with Crippen LogP contribution in [0.1, 0.15) is 27.9 Å². The predicted molar refractivity (Wildman–Crippen MR) is 101 cm³/mol. The van der Waals surface area contributed by atoms with Crippen LogP contribution >= 0.6 is 0 Å². The molecule has 0 fully saturated rings. The van der Waals surface area contributed by atoms with Gasteiger partial charge in [0.1, 0.15) is 0 Å². The van der Waals surface area contributed by atoms with Gasteiger partial charge in [0.15, 0.2) is 0 Å². The molecule has 3 aromatic rings. The van der Waals surface area contributed by atoms with Crippen LogP contribution in [0.25, 0.3) is 0 Å². The number of pyridine rings is 1. The van der Waals surface area contributed by atoms with Crippen LogP contribution in [0.2, 0.25) is 0 Å². The monoisotopic (exact) mass is 332 g/mol. The van der Waals surface area contributed by atoms with Crippen LogP contribution in [0.15, 0.2) is 72.9 Å². The van der Waals surface area contributed by atoms with E-state index in [2.05, 4.69) is 59.3 Å². The lowest BCUT2D eigenvalue weighted by Gasteiger charge is -2.22. The van der Waals surface area contributed by atoms with E-state index in [1.165, 1.54) is 16.7 Å². The first kappa shape index (κ1) is 17.3. The Bertz CT molecular complexity index is 785. The summed E-state index contributed by atoms with van der Waals surface area (Å²) in [6.45, 7) is 4.73. The first-order valence-electron chi connectivity index (χ1n) is 8.59. The van der Waals surface area contributed by atoms with E-state index in [1.807, 2.05) is 30.5 Å². The molecule has 0 spiro atoms. The predicted octanol–water partition coefficient (Wildman–Crippen LogP) is 4.08. The zero-order chi connectivity index (χ0) is 17.5. The van der Waals surface area contributed by atoms with Crippen molar-refractivity contribution in [1.29, 1.82) is 0 Å². The Morgan fingerprint density at radius 2 is 1.56 bits per heavy atom. The Morgan fingerprint density at radius 1 is 0.800 bits per heavy atom. The van der Waals surface area contributed by atoms with Crippen molar-refractivity contribution < 1.29 is 5.11 Å². The number of benzene rings is 2. The van der Waals surface area contributed by atoms with Gasteiger partial charge in [0.2, 0.25) is 0 Å². The Hall–Kier alpha value is -2.49. The number of aryl methyl sites for hydroxylation is 1. The molecule has 1 aromatic heterocycles. The third-order valence-corrected chi connectivity index (χ3v) is 4.21. The topological polar surface area (TPSA) is 36.4 Å². The zero-order valence-electron chi connectivity index (χ0n) is 14.6. The molecule has 1 heterocycles. The summed E-state index contributed by atoms with van der Waals surface area (Å²) in [5.41, 5.74) is 5.84. The number of nitrogens with zero attached hydrogens (tertiary/aromatic N) is 2. The highest BCUT2D eigenvalue weighted by atomic mass is 16.3. The minimum atomic E-state index is 0.0845. The smallest absolute Gasteiger partial charge is 0.0681 e. The lowest BCUT2D eigenvalue weighted by molar-refractivity contribution is 0.244. The summed E-state index contributed by atoms with van der Waals surface area (Å²) in [5.74, 6) is 0. The summed E-state index contributed by atoms with van der Waals surface area (Å²) in [6, 6.07) is 22.8. The van der Waals surface area contributed by atoms with E-state index in [0.29, 0.717) is 0 Å². The van der Waals surface area contributed by atoms with E-state index in [4.69, 9.17) is 0 Å². The second-order valence-corrected chi connectivity index (χ2v) is 6.43. The molecular weight excluding hydrogens is 308 g/mol. The van der Waals surface area contributed by atoms with Crippen molar-refractivity contribution in [2.45, 2.75) is 33.2 Å². The van der Waals surface area contributed by atoms with Crippen LogP contribution in [0.4, 0.5) is 0 Å². The van der Waals surface area contributed by atoms with Crippen molar-refractivity contribution in [2.24, 2.45) is 0 Å². The lowest BCUT2D eigenvalue weighted by Crippen LogP contribution is -2.23. The molecule has 0 amide bonds. The highest BCUT2D eigenvalue weighted by Gasteiger charge is 2.09. The molecule has 3 rings (SSSR count). The van der Waals surface area contributed by atoms with Crippen LogP contribution < -0.4 is 0 Å². The highest BCUT2D eigenvalue weighted by Crippen LogP contribution is 2.15. The van der Waals surface area contributed by atoms with Gasteiger partial charge in [-0.1, -0.05) is 60.2 Å². The molecule has 0 saturated heterocycles. The van der Waals surface area contributed by atoms with Crippen LogP contribution in [0.5, 0.6) is 0 Å². The number of aliphatic hydroxyl groups is 1. The number of hydrogen-bond donors (Lipinski definition) is 1. The SMILES string of the molecule is Cc1cccc(CN(Cc2ccc(CO)cc2)Cc2ccccn2)c1. The summed E-state index contributed by atoms with van der Waals surface area (Å²) < 4.78 is 0. The lowest BCUT2D eigenvalue weighted by atomic mass is 10.1. The van der Waals surface area contributed by atoms with Gasteiger partial charge in [-0.25, -0.2) is 0 Å². The molecule has 0 aliphatic carbocycles. The Balaban J connectivity index is 1.77. The molecule has 2 aromatic carbocycles. The summed E-state index contributed by atoms with van der Waals surface area (Å²) in [5, 5.41) is 9.21. The molecule has 0 unspecified atom stereocenters. The van der Waals surface area contributed by atoms with Crippen LogP contribution in [-0.2, 0) is 26.2 Å². The molecule has 3 nitrogen and oxygen atoms in total. The minimum absolute atomic E-state index is 0.0845. The highest BCUT2D eigenvalue weighted by molar-refractivity contribution is 5.24. The van der Waals surface area contributed by atoms with Crippen LogP contribution in [-0.4, -0.2) is 15.0 Å². The molecule has 0 atom stereocenters. The van der Waals surface area contributed by atoms with Crippen LogP contribution in [0.3, 0.4) is 0 Å². The van der Waals surface area contributed by atoms with Gasteiger partial charge in [-0.05, 0) is 35.7 Å². The Kier molecular flexibility index (Phi) is 5.94. The number of hydrogen-bond acceptors (Lipinski definition) is 3. The van der Waals surface area contributed by atoms with Crippen LogP contribution in [0, 0.1) is 6.92 Å². The second kappa shape index (κ2) is 8.56. The van der Waals surface area contributed by atoms with E-state index < -0.39 is 0 Å². The maximum absolute atomic E-state index is 9.21. The van der Waals surface area contributed by atoms with Gasteiger partial charge in [0, 0.05) is 25.8 Å². The Labute approximate surface area is 149 Å². The standard InChI is InChI=1S/C22H24N2O/c1-18-5-4-6-21(13-18)15-24(16-22-7-2-3-12-23-22)14-19-8-10-20(17-25)11-9-19/h2-13,25H,14-17H2,1H3. The third kappa shape index (κ3) is 5.24. The van der Waals surface area contributed by atoms with Crippen molar-refractivity contribution in [2.75, 3.05) is 0 Å². The van der Waals surface area contributed by atoms with E-state index in [0.717, 1.165) is 30.9 Å². The molecule has 25 heavy (non-hydrogen) atoms. The van der Waals surface area contributed by atoms with Crippen molar-refractivity contribution in [3.63, 3.8) is 0 Å². The normalized spacial score (nSPS) is 11.0. The maximum atomic E-state index is 9.21. The molecule has 3 heteroatoms. The van der Waals surface area contributed by atoms with Crippen molar-refractivity contribution in [3.05, 3.63) is 101 Å². The van der Waals surface area contributed by atoms with Gasteiger partial charge >= 0.3 is 0 Å². The van der Waals surface area contributed by atoms with E-state index in [-0.39, 0.29) is 6.61 Å². The van der Waals surface area contributed by atoms with Gasteiger partial charge in [-0.3, -0.25) is 9.88 Å². The largest absolute Gasteiger partial charge is 0.392 e. The summed E-state index contributed by atoms with van der Waals surface area (Å²) in [7, 11) is 0. The van der Waals surface area contributed by atoms with Gasteiger partial charge < -0.3 is 5.11 Å². The van der Waals surface area contributed by atoms with E-state index in [9.17, 15) is 5.11 Å². The molecule has 0 radical (unpaired) electrons. The molecule has 0 bridgehead atoms. The molecule has 0 aliphatic heterocycles. The number of rotatable bonds is 7. The quantitative estimate of drug-likeness (QED) is 0.708. The first-order valence-corrected chi connectivity index (χ1v) is 8.59. The number of aromatic nitrogens is 1. The molecule has 0 aliphatic rings. The van der Waals surface area contributed by atoms with E-state index in [1.54, 1.807) is 0 Å². The summed E-state index contributed by atoms with van der Waals surface area (Å²) in [6.07, 6.45) is 1.84. The fraction of sp³-hybridized carbons (Fsp3) is 0.227.